The SMILES string of the molecule is CC(=O)c1ccc(Cl)cc1C(C)(C)C.CCC(=O)N1CC2(CC(Nc3cncc(C)c3)C2)C1. The Labute approximate surface area is 202 Å². The van der Waals surface area contributed by atoms with Crippen molar-refractivity contribution < 1.29 is 9.59 Å². The van der Waals surface area contributed by atoms with Gasteiger partial charge in [0, 0.05) is 53.9 Å². The fraction of sp³-hybridized carbons (Fsp3) is 0.519. The Balaban J connectivity index is 0.000000196. The average molecular weight is 470 g/mol. The molecule has 4 rings (SSSR count). The number of nitrogens with one attached hydrogen (secondary N) is 1. The number of carbonyl (C=O) groups is 2. The fourth-order valence-electron chi connectivity index (χ4n) is 4.82. The van der Waals surface area contributed by atoms with Gasteiger partial charge in [-0.2, -0.15) is 0 Å². The molecule has 1 saturated carbocycles. The van der Waals surface area contributed by atoms with Crippen LogP contribution in [0, 0.1) is 12.3 Å². The van der Waals surface area contributed by atoms with E-state index in [1.165, 1.54) is 18.4 Å². The second kappa shape index (κ2) is 9.84. The van der Waals surface area contributed by atoms with Crippen molar-refractivity contribution in [1.29, 1.82) is 0 Å². The normalized spacial score (nSPS) is 16.9. The number of carbonyl (C=O) groups excluding carboxylic acids is 2. The van der Waals surface area contributed by atoms with Crippen LogP contribution >= 0.6 is 11.6 Å². The van der Waals surface area contributed by atoms with Crippen LogP contribution in [-0.4, -0.2) is 40.7 Å². The number of anilines is 1. The predicted octanol–water partition coefficient (Wildman–Crippen LogP) is 6.04. The Morgan fingerprint density at radius 2 is 1.85 bits per heavy atom. The third-order valence-corrected chi connectivity index (χ3v) is 6.72. The van der Waals surface area contributed by atoms with Gasteiger partial charge in [-0.25, -0.2) is 0 Å². The van der Waals surface area contributed by atoms with E-state index in [0.717, 1.165) is 29.9 Å². The van der Waals surface area contributed by atoms with E-state index < -0.39 is 0 Å². The Kier molecular flexibility index (Phi) is 7.52. The summed E-state index contributed by atoms with van der Waals surface area (Å²) in [6.07, 6.45) is 6.73. The molecule has 178 valence electrons. The van der Waals surface area contributed by atoms with Gasteiger partial charge < -0.3 is 10.2 Å². The van der Waals surface area contributed by atoms with Crippen LogP contribution in [0.5, 0.6) is 0 Å². The lowest BCUT2D eigenvalue weighted by atomic mass is 9.60. The lowest BCUT2D eigenvalue weighted by Gasteiger charge is -2.59. The number of Topliss-reactive ketones (excluding diaryl/α,β-unsaturated/α-hetero) is 1. The third-order valence-electron chi connectivity index (χ3n) is 6.48. The second-order valence-electron chi connectivity index (χ2n) is 10.6. The van der Waals surface area contributed by atoms with Crippen molar-refractivity contribution in [3.8, 4) is 0 Å². The van der Waals surface area contributed by atoms with Crippen LogP contribution in [0.15, 0.2) is 36.7 Å². The Hall–Kier alpha value is -2.40. The molecule has 1 saturated heterocycles. The van der Waals surface area contributed by atoms with Gasteiger partial charge in [-0.3, -0.25) is 14.6 Å². The highest BCUT2D eigenvalue weighted by atomic mass is 35.5. The minimum Gasteiger partial charge on any atom is -0.381 e. The summed E-state index contributed by atoms with van der Waals surface area (Å²) < 4.78 is 0. The summed E-state index contributed by atoms with van der Waals surface area (Å²) in [5.74, 6) is 0.386. The number of amides is 1. The molecule has 6 heteroatoms. The smallest absolute Gasteiger partial charge is 0.222 e. The van der Waals surface area contributed by atoms with Gasteiger partial charge >= 0.3 is 0 Å². The van der Waals surface area contributed by atoms with Crippen LogP contribution in [0.4, 0.5) is 5.69 Å². The van der Waals surface area contributed by atoms with E-state index in [9.17, 15) is 9.59 Å². The quantitative estimate of drug-likeness (QED) is 0.554. The molecule has 1 aromatic carbocycles. The summed E-state index contributed by atoms with van der Waals surface area (Å²) in [7, 11) is 0. The molecule has 1 aliphatic heterocycles. The molecule has 1 spiro atoms. The van der Waals surface area contributed by atoms with Crippen LogP contribution in [0.1, 0.15) is 75.4 Å². The number of rotatable bonds is 4. The lowest BCUT2D eigenvalue weighted by Crippen LogP contribution is -2.66. The maximum atomic E-state index is 11.5. The monoisotopic (exact) mass is 469 g/mol. The Morgan fingerprint density at radius 3 is 2.39 bits per heavy atom. The van der Waals surface area contributed by atoms with Crippen molar-refractivity contribution in [3.05, 3.63) is 58.4 Å². The first-order valence-electron chi connectivity index (χ1n) is 11.7. The highest BCUT2D eigenvalue weighted by Crippen LogP contribution is 2.49. The predicted molar refractivity (Wildman–Crippen MR) is 135 cm³/mol. The first-order valence-corrected chi connectivity index (χ1v) is 12.1. The summed E-state index contributed by atoms with van der Waals surface area (Å²) in [6.45, 7) is 13.7. The second-order valence-corrected chi connectivity index (χ2v) is 11.0. The maximum Gasteiger partial charge on any atom is 0.222 e. The standard InChI is InChI=1S/C15H21N3O.C12H15ClO/c1-3-14(19)18-9-15(10-18)5-13(6-15)17-12-4-11(2)7-16-8-12;1-8(14)10-6-5-9(13)7-11(10)12(2,3)4/h4,7-8,13,17H,3,5-6,9-10H2,1-2H3;5-7H,1-4H3. The van der Waals surface area contributed by atoms with E-state index in [1.807, 2.05) is 30.3 Å². The molecule has 2 aliphatic rings. The number of halogens is 1. The molecule has 2 aromatic rings. The zero-order chi connectivity index (χ0) is 24.4. The van der Waals surface area contributed by atoms with E-state index >= 15 is 0 Å². The Bertz CT molecular complexity index is 1010. The van der Waals surface area contributed by atoms with Gasteiger partial charge in [0.05, 0.1) is 5.69 Å². The highest BCUT2D eigenvalue weighted by Gasteiger charge is 2.53. The number of benzene rings is 1. The van der Waals surface area contributed by atoms with Gasteiger partial charge in [-0.05, 0) is 67.5 Å². The summed E-state index contributed by atoms with van der Waals surface area (Å²) in [5.41, 5.74) is 4.44. The first kappa shape index (κ1) is 25.2. The minimum absolute atomic E-state index is 0.0497. The number of aromatic nitrogens is 1. The molecule has 0 bridgehead atoms. The Morgan fingerprint density at radius 1 is 1.18 bits per heavy atom. The number of aryl methyl sites for hydroxylation is 1. The molecule has 1 amide bonds. The van der Waals surface area contributed by atoms with Gasteiger partial charge in [-0.15, -0.1) is 0 Å². The van der Waals surface area contributed by atoms with Gasteiger partial charge in [0.1, 0.15) is 0 Å². The summed E-state index contributed by atoms with van der Waals surface area (Å²) >= 11 is 5.92. The van der Waals surface area contributed by atoms with Gasteiger partial charge in [0.15, 0.2) is 5.78 Å². The lowest BCUT2D eigenvalue weighted by molar-refractivity contribution is -0.150. The topological polar surface area (TPSA) is 62.3 Å². The molecule has 1 aliphatic carbocycles. The number of pyridine rings is 1. The number of nitrogens with zero attached hydrogens (tertiary/aromatic N) is 2. The van der Waals surface area contributed by atoms with Crippen molar-refractivity contribution >= 4 is 29.0 Å². The van der Waals surface area contributed by atoms with Crippen molar-refractivity contribution in [3.63, 3.8) is 0 Å². The van der Waals surface area contributed by atoms with E-state index in [-0.39, 0.29) is 11.2 Å². The maximum absolute atomic E-state index is 11.5. The van der Waals surface area contributed by atoms with E-state index in [0.29, 0.717) is 28.8 Å². The van der Waals surface area contributed by atoms with Crippen LogP contribution in [0.3, 0.4) is 0 Å². The number of ketones is 1. The summed E-state index contributed by atoms with van der Waals surface area (Å²) in [4.78, 5) is 29.1. The fourth-order valence-corrected chi connectivity index (χ4v) is 4.99. The van der Waals surface area contributed by atoms with Crippen molar-refractivity contribution in [1.82, 2.24) is 9.88 Å². The molecule has 0 unspecified atom stereocenters. The van der Waals surface area contributed by atoms with Crippen LogP contribution in [0.2, 0.25) is 5.02 Å². The van der Waals surface area contributed by atoms with Crippen LogP contribution < -0.4 is 5.32 Å². The number of hydrogen-bond acceptors (Lipinski definition) is 4. The van der Waals surface area contributed by atoms with Crippen LogP contribution in [0.25, 0.3) is 0 Å². The summed E-state index contributed by atoms with van der Waals surface area (Å²) in [5, 5.41) is 4.22. The van der Waals surface area contributed by atoms with Gasteiger partial charge in [0.2, 0.25) is 5.91 Å². The van der Waals surface area contributed by atoms with Crippen molar-refractivity contribution in [2.75, 3.05) is 18.4 Å². The number of likely N-dealkylation sites (tertiary alicyclic amines) is 1. The molecule has 0 atom stereocenters. The van der Waals surface area contributed by atoms with E-state index in [4.69, 9.17) is 11.6 Å². The highest BCUT2D eigenvalue weighted by molar-refractivity contribution is 6.30. The van der Waals surface area contributed by atoms with Crippen LogP contribution in [-0.2, 0) is 10.2 Å². The van der Waals surface area contributed by atoms with E-state index in [1.54, 1.807) is 19.1 Å². The molecule has 2 fully saturated rings. The zero-order valence-corrected chi connectivity index (χ0v) is 21.4. The average Bonchev–Trinajstić information content (AvgIpc) is 2.68. The molecule has 0 radical (unpaired) electrons. The zero-order valence-electron chi connectivity index (χ0n) is 20.7. The van der Waals surface area contributed by atoms with E-state index in [2.05, 4.69) is 44.1 Å². The van der Waals surface area contributed by atoms with Crippen molar-refractivity contribution in [2.24, 2.45) is 5.41 Å². The molecule has 2 heterocycles. The molecule has 1 N–H and O–H groups in total. The minimum atomic E-state index is -0.0497. The molecular weight excluding hydrogens is 434 g/mol. The summed E-state index contributed by atoms with van der Waals surface area (Å²) in [6, 6.07) is 8.10. The molecule has 5 nitrogen and oxygen atoms in total. The molecule has 1 aromatic heterocycles. The largest absolute Gasteiger partial charge is 0.381 e. The first-order chi connectivity index (χ1) is 15.4. The molecule has 33 heavy (non-hydrogen) atoms. The van der Waals surface area contributed by atoms with Crippen molar-refractivity contribution in [2.45, 2.75) is 72.3 Å². The van der Waals surface area contributed by atoms with Gasteiger partial charge in [0.25, 0.3) is 0 Å². The number of hydrogen-bond donors (Lipinski definition) is 1. The third kappa shape index (κ3) is 6.14. The molecular formula is C27H36ClN3O2. The van der Waals surface area contributed by atoms with Gasteiger partial charge in [-0.1, -0.05) is 39.3 Å².